The molecule has 24 heavy (non-hydrogen) atoms. The van der Waals surface area contributed by atoms with Gasteiger partial charge in [0.2, 0.25) is 0 Å². The first-order valence-corrected chi connectivity index (χ1v) is 11.0. The molecule has 4 fully saturated rings. The first-order valence-electron chi connectivity index (χ1n) is 11.0. The molecular weight excluding hydrogens is 292 g/mol. The van der Waals surface area contributed by atoms with Crippen LogP contribution in [0.5, 0.6) is 0 Å². The Hall–Kier alpha value is -0.330. The molecule has 0 aromatic carbocycles. The molecule has 4 aliphatic carbocycles. The van der Waals surface area contributed by atoms with Crippen LogP contribution in [0.3, 0.4) is 0 Å². The summed E-state index contributed by atoms with van der Waals surface area (Å²) in [4.78, 5) is 12.0. The van der Waals surface area contributed by atoms with Crippen molar-refractivity contribution < 1.29 is 4.79 Å². The standard InChI is InChI=1S/C23H38O/c1-4-16(2)15-23-11-5-6-21(23)19-8-7-17-14-18(24)9-12-22(17,3)20(19)10-13-23/h16-17,19-21H,4-15H2,1-3H3/t16?,17-,19-,20+,21+,22+,23-/m1/s1. The smallest absolute Gasteiger partial charge is 0.133 e. The summed E-state index contributed by atoms with van der Waals surface area (Å²) in [6.45, 7) is 7.45. The number of hydrogen-bond donors (Lipinski definition) is 0. The van der Waals surface area contributed by atoms with E-state index in [0.29, 0.717) is 22.5 Å². The lowest BCUT2D eigenvalue weighted by Gasteiger charge is -2.60. The fraction of sp³-hybridized carbons (Fsp3) is 0.957. The van der Waals surface area contributed by atoms with Crippen LogP contribution in [-0.4, -0.2) is 5.78 Å². The maximum atomic E-state index is 12.0. The molecule has 4 saturated carbocycles. The molecule has 0 spiro atoms. The van der Waals surface area contributed by atoms with Gasteiger partial charge < -0.3 is 0 Å². The van der Waals surface area contributed by atoms with Gasteiger partial charge in [0.15, 0.2) is 0 Å². The van der Waals surface area contributed by atoms with Crippen molar-refractivity contribution in [3.63, 3.8) is 0 Å². The van der Waals surface area contributed by atoms with E-state index >= 15 is 0 Å². The van der Waals surface area contributed by atoms with Gasteiger partial charge in [-0.25, -0.2) is 0 Å². The summed E-state index contributed by atoms with van der Waals surface area (Å²) in [5.41, 5.74) is 1.19. The zero-order valence-electron chi connectivity index (χ0n) is 16.3. The molecule has 4 rings (SSSR count). The van der Waals surface area contributed by atoms with Crippen molar-refractivity contribution in [2.24, 2.45) is 40.4 Å². The van der Waals surface area contributed by atoms with Crippen molar-refractivity contribution in [2.75, 3.05) is 0 Å². The third-order valence-corrected chi connectivity index (χ3v) is 9.46. The average molecular weight is 331 g/mol. The molecule has 0 aliphatic heterocycles. The maximum absolute atomic E-state index is 12.0. The fourth-order valence-electron chi connectivity index (χ4n) is 8.03. The molecule has 136 valence electrons. The lowest BCUT2D eigenvalue weighted by molar-refractivity contribution is -0.139. The topological polar surface area (TPSA) is 17.1 Å². The molecular formula is C23H38O. The van der Waals surface area contributed by atoms with E-state index in [2.05, 4.69) is 20.8 Å². The van der Waals surface area contributed by atoms with Gasteiger partial charge in [0, 0.05) is 12.8 Å². The summed E-state index contributed by atoms with van der Waals surface area (Å²) < 4.78 is 0. The first-order chi connectivity index (χ1) is 11.5. The maximum Gasteiger partial charge on any atom is 0.133 e. The Labute approximate surface area is 149 Å². The SMILES string of the molecule is CCC(C)C[C@]12CCC[C@H]1[C@@H]1CC[C@@H]3CC(=O)CC[C@]3(C)[C@H]1CC2. The van der Waals surface area contributed by atoms with Gasteiger partial charge in [-0.2, -0.15) is 0 Å². The summed E-state index contributed by atoms with van der Waals surface area (Å²) in [6, 6.07) is 0. The second-order valence-corrected chi connectivity index (χ2v) is 10.4. The van der Waals surface area contributed by atoms with Crippen molar-refractivity contribution in [3.8, 4) is 0 Å². The van der Waals surface area contributed by atoms with E-state index in [1.807, 2.05) is 0 Å². The monoisotopic (exact) mass is 330 g/mol. The summed E-state index contributed by atoms with van der Waals surface area (Å²) in [6.07, 6.45) is 16.1. The van der Waals surface area contributed by atoms with Gasteiger partial charge in [-0.3, -0.25) is 4.79 Å². The van der Waals surface area contributed by atoms with E-state index in [4.69, 9.17) is 0 Å². The van der Waals surface area contributed by atoms with Crippen molar-refractivity contribution in [1.29, 1.82) is 0 Å². The average Bonchev–Trinajstić information content (AvgIpc) is 2.99. The van der Waals surface area contributed by atoms with Crippen molar-refractivity contribution in [3.05, 3.63) is 0 Å². The largest absolute Gasteiger partial charge is 0.300 e. The van der Waals surface area contributed by atoms with Crippen LogP contribution in [0.4, 0.5) is 0 Å². The van der Waals surface area contributed by atoms with E-state index in [1.165, 1.54) is 64.2 Å². The molecule has 0 heterocycles. The summed E-state index contributed by atoms with van der Waals surface area (Å²) >= 11 is 0. The second kappa shape index (κ2) is 6.13. The third kappa shape index (κ3) is 2.52. The lowest BCUT2D eigenvalue weighted by atomic mass is 9.44. The first kappa shape index (κ1) is 17.1. The third-order valence-electron chi connectivity index (χ3n) is 9.46. The van der Waals surface area contributed by atoms with Gasteiger partial charge >= 0.3 is 0 Å². The van der Waals surface area contributed by atoms with E-state index in [9.17, 15) is 4.79 Å². The molecule has 0 radical (unpaired) electrons. The van der Waals surface area contributed by atoms with E-state index < -0.39 is 0 Å². The van der Waals surface area contributed by atoms with E-state index in [0.717, 1.165) is 36.5 Å². The van der Waals surface area contributed by atoms with E-state index in [-0.39, 0.29) is 0 Å². The number of carbonyl (C=O) groups excluding carboxylic acids is 1. The van der Waals surface area contributed by atoms with Crippen LogP contribution in [0.1, 0.15) is 97.8 Å². The number of hydrogen-bond acceptors (Lipinski definition) is 1. The van der Waals surface area contributed by atoms with Gasteiger partial charge in [-0.1, -0.05) is 33.6 Å². The summed E-state index contributed by atoms with van der Waals surface area (Å²) in [7, 11) is 0. The number of carbonyl (C=O) groups is 1. The molecule has 7 atom stereocenters. The Balaban J connectivity index is 1.58. The minimum Gasteiger partial charge on any atom is -0.300 e. The molecule has 1 nitrogen and oxygen atoms in total. The molecule has 0 bridgehead atoms. The predicted molar refractivity (Wildman–Crippen MR) is 99.7 cm³/mol. The fourth-order valence-corrected chi connectivity index (χ4v) is 8.03. The van der Waals surface area contributed by atoms with Crippen LogP contribution < -0.4 is 0 Å². The van der Waals surface area contributed by atoms with Crippen LogP contribution in [0.25, 0.3) is 0 Å². The Morgan fingerprint density at radius 2 is 1.92 bits per heavy atom. The highest BCUT2D eigenvalue weighted by atomic mass is 16.1. The normalized spacial score (nSPS) is 49.2. The number of ketones is 1. The Morgan fingerprint density at radius 1 is 1.08 bits per heavy atom. The van der Waals surface area contributed by atoms with Crippen LogP contribution in [0, 0.1) is 40.4 Å². The van der Waals surface area contributed by atoms with Crippen molar-refractivity contribution in [1.82, 2.24) is 0 Å². The molecule has 0 aromatic heterocycles. The molecule has 0 N–H and O–H groups in total. The molecule has 4 aliphatic rings. The van der Waals surface area contributed by atoms with Crippen LogP contribution in [-0.2, 0) is 4.79 Å². The Morgan fingerprint density at radius 3 is 2.71 bits per heavy atom. The van der Waals surface area contributed by atoms with Crippen LogP contribution in [0.15, 0.2) is 0 Å². The van der Waals surface area contributed by atoms with Gasteiger partial charge in [0.25, 0.3) is 0 Å². The number of fused-ring (bicyclic) bond motifs is 5. The molecule has 0 saturated heterocycles. The lowest BCUT2D eigenvalue weighted by Crippen LogP contribution is -2.53. The number of Topliss-reactive ketones (excluding diaryl/α,β-unsaturated/α-hetero) is 1. The molecule has 1 heteroatoms. The van der Waals surface area contributed by atoms with Crippen molar-refractivity contribution in [2.45, 2.75) is 97.8 Å². The van der Waals surface area contributed by atoms with Crippen LogP contribution >= 0.6 is 0 Å². The van der Waals surface area contributed by atoms with Gasteiger partial charge in [-0.15, -0.1) is 0 Å². The highest BCUT2D eigenvalue weighted by Gasteiger charge is 2.58. The van der Waals surface area contributed by atoms with E-state index in [1.54, 1.807) is 0 Å². The minimum absolute atomic E-state index is 0.488. The highest BCUT2D eigenvalue weighted by Crippen LogP contribution is 2.67. The molecule has 0 aromatic rings. The van der Waals surface area contributed by atoms with Crippen LogP contribution in [0.2, 0.25) is 0 Å². The van der Waals surface area contributed by atoms with Gasteiger partial charge in [-0.05, 0) is 91.8 Å². The Bertz CT molecular complexity index is 496. The molecule has 0 amide bonds. The Kier molecular flexibility index (Phi) is 4.37. The number of rotatable bonds is 3. The zero-order chi connectivity index (χ0) is 16.9. The van der Waals surface area contributed by atoms with Gasteiger partial charge in [0.05, 0.1) is 0 Å². The second-order valence-electron chi connectivity index (χ2n) is 10.4. The quantitative estimate of drug-likeness (QED) is 0.584. The summed E-state index contributed by atoms with van der Waals surface area (Å²) in [5.74, 6) is 5.10. The van der Waals surface area contributed by atoms with Crippen molar-refractivity contribution >= 4 is 5.78 Å². The van der Waals surface area contributed by atoms with Gasteiger partial charge in [0.1, 0.15) is 5.78 Å². The molecule has 1 unspecified atom stereocenters. The predicted octanol–water partition coefficient (Wildman–Crippen LogP) is 6.40. The minimum atomic E-state index is 0.488. The summed E-state index contributed by atoms with van der Waals surface area (Å²) in [5, 5.41) is 0. The highest BCUT2D eigenvalue weighted by molar-refractivity contribution is 5.79. The zero-order valence-corrected chi connectivity index (χ0v) is 16.3.